The molecule has 2 heterocycles. The van der Waals surface area contributed by atoms with Crippen LogP contribution in [0.2, 0.25) is 0 Å². The lowest BCUT2D eigenvalue weighted by Crippen LogP contribution is -2.15. The number of aromatic amines is 1. The number of hydrogen-bond acceptors (Lipinski definition) is 7. The van der Waals surface area contributed by atoms with E-state index in [1.54, 1.807) is 24.3 Å². The Kier molecular flexibility index (Phi) is 5.43. The number of rotatable bonds is 6. The fourth-order valence-electron chi connectivity index (χ4n) is 2.12. The predicted octanol–water partition coefficient (Wildman–Crippen LogP) is 3.45. The first-order chi connectivity index (χ1) is 12.5. The van der Waals surface area contributed by atoms with Crippen LogP contribution in [0.5, 0.6) is 0 Å². The molecular weight excluding hydrogens is 352 g/mol. The molecule has 0 aliphatic heterocycles. The number of thiophene rings is 1. The number of hydrogen-bond donors (Lipinski definition) is 2. The van der Waals surface area contributed by atoms with Gasteiger partial charge in [-0.05, 0) is 41.6 Å². The number of carbonyl (C=O) groups excluding carboxylic acids is 1. The van der Waals surface area contributed by atoms with Gasteiger partial charge in [0.2, 0.25) is 5.95 Å². The van der Waals surface area contributed by atoms with E-state index in [4.69, 9.17) is 4.74 Å². The molecule has 0 radical (unpaired) electrons. The van der Waals surface area contributed by atoms with E-state index in [1.165, 1.54) is 11.3 Å². The summed E-state index contributed by atoms with van der Waals surface area (Å²) in [5.74, 6) is 0.150. The Morgan fingerprint density at radius 2 is 2.00 bits per heavy atom. The van der Waals surface area contributed by atoms with E-state index in [0.717, 1.165) is 4.88 Å². The van der Waals surface area contributed by atoms with Crippen LogP contribution >= 0.6 is 11.3 Å². The van der Waals surface area contributed by atoms with Crippen molar-refractivity contribution in [3.05, 3.63) is 57.7 Å². The normalized spacial score (nSPS) is 10.7. The molecule has 2 N–H and O–H groups in total. The standard InChI is InChI=1S/C18H18N4O3S/c1-11(2)10-25-17(24)12-5-7-13(8-6-12)19-18-20-16(23)15(21-22-18)14-4-3-9-26-14/h3-9,11H,10H2,1-2H3,(H2,19,20,22,23). The molecule has 8 heteroatoms. The van der Waals surface area contributed by atoms with Gasteiger partial charge in [0.1, 0.15) is 0 Å². The molecule has 3 rings (SSSR count). The maximum absolute atomic E-state index is 12.1. The highest BCUT2D eigenvalue weighted by Crippen LogP contribution is 2.19. The van der Waals surface area contributed by atoms with Crippen molar-refractivity contribution in [3.63, 3.8) is 0 Å². The van der Waals surface area contributed by atoms with E-state index in [-0.39, 0.29) is 29.1 Å². The summed E-state index contributed by atoms with van der Waals surface area (Å²) in [6, 6.07) is 10.4. The Balaban J connectivity index is 1.68. The molecule has 0 unspecified atom stereocenters. The number of H-pyrrole nitrogens is 1. The molecule has 0 aliphatic rings. The topological polar surface area (TPSA) is 97.0 Å². The van der Waals surface area contributed by atoms with Gasteiger partial charge in [0.15, 0.2) is 5.69 Å². The fourth-order valence-corrected chi connectivity index (χ4v) is 2.83. The molecule has 2 aromatic heterocycles. The Bertz CT molecular complexity index is 934. The van der Waals surface area contributed by atoms with Crippen LogP contribution in [0, 0.1) is 5.92 Å². The van der Waals surface area contributed by atoms with Crippen LogP contribution < -0.4 is 10.9 Å². The number of anilines is 2. The van der Waals surface area contributed by atoms with E-state index in [9.17, 15) is 9.59 Å². The molecule has 0 saturated carbocycles. The number of nitrogens with zero attached hydrogens (tertiary/aromatic N) is 2. The maximum atomic E-state index is 12.1. The molecule has 0 aliphatic carbocycles. The lowest BCUT2D eigenvalue weighted by molar-refractivity contribution is 0.0459. The minimum absolute atomic E-state index is 0.227. The molecule has 0 saturated heterocycles. The summed E-state index contributed by atoms with van der Waals surface area (Å²) in [5.41, 5.74) is 1.09. The molecule has 0 atom stereocenters. The van der Waals surface area contributed by atoms with Crippen LogP contribution in [-0.2, 0) is 4.74 Å². The van der Waals surface area contributed by atoms with Gasteiger partial charge in [0.25, 0.3) is 5.56 Å². The van der Waals surface area contributed by atoms with Crippen molar-refractivity contribution in [2.45, 2.75) is 13.8 Å². The molecule has 0 amide bonds. The highest BCUT2D eigenvalue weighted by Gasteiger charge is 2.10. The van der Waals surface area contributed by atoms with Gasteiger partial charge in [0, 0.05) is 5.69 Å². The predicted molar refractivity (Wildman–Crippen MR) is 101 cm³/mol. The monoisotopic (exact) mass is 370 g/mol. The number of aromatic nitrogens is 3. The lowest BCUT2D eigenvalue weighted by atomic mass is 10.2. The van der Waals surface area contributed by atoms with Gasteiger partial charge in [-0.1, -0.05) is 19.9 Å². The SMILES string of the molecule is CC(C)COC(=O)c1ccc(Nc2nnc(-c3cccs3)c(=O)[nH]2)cc1. The third-order valence-corrected chi connectivity index (χ3v) is 4.26. The maximum Gasteiger partial charge on any atom is 0.338 e. The van der Waals surface area contributed by atoms with Gasteiger partial charge in [-0.2, -0.15) is 0 Å². The number of nitrogens with one attached hydrogen (secondary N) is 2. The molecule has 0 fully saturated rings. The van der Waals surface area contributed by atoms with Crippen LogP contribution in [0.25, 0.3) is 10.6 Å². The second-order valence-electron chi connectivity index (χ2n) is 6.02. The van der Waals surface area contributed by atoms with Crippen molar-refractivity contribution in [3.8, 4) is 10.6 Å². The van der Waals surface area contributed by atoms with Crippen LogP contribution in [0.4, 0.5) is 11.6 Å². The largest absolute Gasteiger partial charge is 0.462 e. The third kappa shape index (κ3) is 4.34. The van der Waals surface area contributed by atoms with Crippen LogP contribution in [-0.4, -0.2) is 27.8 Å². The molecule has 1 aromatic carbocycles. The first kappa shape index (κ1) is 17.8. The second-order valence-corrected chi connectivity index (χ2v) is 6.97. The van der Waals surface area contributed by atoms with E-state index in [1.807, 2.05) is 31.4 Å². The summed E-state index contributed by atoms with van der Waals surface area (Å²) in [4.78, 5) is 27.5. The zero-order valence-electron chi connectivity index (χ0n) is 14.4. The lowest BCUT2D eigenvalue weighted by Gasteiger charge is -2.08. The van der Waals surface area contributed by atoms with E-state index < -0.39 is 0 Å². The summed E-state index contributed by atoms with van der Waals surface area (Å²) >= 11 is 1.42. The average Bonchev–Trinajstić information content (AvgIpc) is 3.15. The van der Waals surface area contributed by atoms with Gasteiger partial charge in [-0.25, -0.2) is 4.79 Å². The zero-order chi connectivity index (χ0) is 18.5. The van der Waals surface area contributed by atoms with Gasteiger partial charge in [-0.15, -0.1) is 21.5 Å². The van der Waals surface area contributed by atoms with Gasteiger partial charge >= 0.3 is 5.97 Å². The minimum atomic E-state index is -0.362. The Morgan fingerprint density at radius 3 is 2.62 bits per heavy atom. The quantitative estimate of drug-likeness (QED) is 0.645. The molecule has 3 aromatic rings. The first-order valence-electron chi connectivity index (χ1n) is 8.08. The van der Waals surface area contributed by atoms with Crippen LogP contribution in [0.3, 0.4) is 0 Å². The van der Waals surface area contributed by atoms with Crippen molar-refractivity contribution >= 4 is 28.9 Å². The number of benzene rings is 1. The molecule has 134 valence electrons. The Labute approximate surface area is 154 Å². The first-order valence-corrected chi connectivity index (χ1v) is 8.96. The third-order valence-electron chi connectivity index (χ3n) is 3.38. The highest BCUT2D eigenvalue weighted by molar-refractivity contribution is 7.13. The van der Waals surface area contributed by atoms with Crippen molar-refractivity contribution in [2.24, 2.45) is 5.92 Å². The molecular formula is C18H18N4O3S. The number of esters is 1. The zero-order valence-corrected chi connectivity index (χ0v) is 15.2. The minimum Gasteiger partial charge on any atom is -0.462 e. The smallest absolute Gasteiger partial charge is 0.338 e. The van der Waals surface area contributed by atoms with E-state index in [2.05, 4.69) is 20.5 Å². The summed E-state index contributed by atoms with van der Waals surface area (Å²) in [5, 5.41) is 12.8. The van der Waals surface area contributed by atoms with Gasteiger partial charge < -0.3 is 10.1 Å². The van der Waals surface area contributed by atoms with Crippen molar-refractivity contribution in [1.29, 1.82) is 0 Å². The summed E-state index contributed by atoms with van der Waals surface area (Å²) in [6.45, 7) is 4.34. The highest BCUT2D eigenvalue weighted by atomic mass is 32.1. The van der Waals surface area contributed by atoms with Crippen molar-refractivity contribution in [2.75, 3.05) is 11.9 Å². The number of ether oxygens (including phenoxy) is 1. The summed E-state index contributed by atoms with van der Waals surface area (Å²) in [7, 11) is 0. The van der Waals surface area contributed by atoms with Crippen LogP contribution in [0.15, 0.2) is 46.6 Å². The average molecular weight is 370 g/mol. The van der Waals surface area contributed by atoms with Gasteiger partial charge in [0.05, 0.1) is 17.0 Å². The number of carbonyl (C=O) groups is 1. The van der Waals surface area contributed by atoms with Gasteiger partial charge in [-0.3, -0.25) is 9.78 Å². The van der Waals surface area contributed by atoms with E-state index >= 15 is 0 Å². The summed E-state index contributed by atoms with van der Waals surface area (Å²) in [6.07, 6.45) is 0. The Hall–Kier alpha value is -3.00. The van der Waals surface area contributed by atoms with E-state index in [0.29, 0.717) is 17.9 Å². The fraction of sp³-hybridized carbons (Fsp3) is 0.222. The molecule has 0 spiro atoms. The molecule has 7 nitrogen and oxygen atoms in total. The van der Waals surface area contributed by atoms with Crippen molar-refractivity contribution < 1.29 is 9.53 Å². The summed E-state index contributed by atoms with van der Waals surface area (Å²) < 4.78 is 5.18. The molecule has 26 heavy (non-hydrogen) atoms. The molecule has 0 bridgehead atoms. The Morgan fingerprint density at radius 1 is 1.23 bits per heavy atom. The van der Waals surface area contributed by atoms with Crippen molar-refractivity contribution in [1.82, 2.24) is 15.2 Å². The van der Waals surface area contributed by atoms with Crippen LogP contribution in [0.1, 0.15) is 24.2 Å². The second kappa shape index (κ2) is 7.92.